The van der Waals surface area contributed by atoms with E-state index >= 15 is 0 Å². The number of hydrogen-bond donors (Lipinski definition) is 0. The Morgan fingerprint density at radius 1 is 1.24 bits per heavy atom. The normalized spacial score (nSPS) is 20.3. The van der Waals surface area contributed by atoms with E-state index in [9.17, 15) is 18.0 Å². The van der Waals surface area contributed by atoms with Gasteiger partial charge in [0.15, 0.2) is 9.84 Å². The molecule has 2 aliphatic rings. The maximum Gasteiger partial charge on any atom is 0.239 e. The summed E-state index contributed by atoms with van der Waals surface area (Å²) in [6.07, 6.45) is 0.579. The van der Waals surface area contributed by atoms with Gasteiger partial charge in [-0.3, -0.25) is 9.59 Å². The Hall–Kier alpha value is -1.84. The molecule has 1 aromatic rings. The summed E-state index contributed by atoms with van der Waals surface area (Å²) in [6.45, 7) is 1.05. The minimum atomic E-state index is -3.61. The van der Waals surface area contributed by atoms with E-state index in [0.717, 1.165) is 5.56 Å². The highest BCUT2D eigenvalue weighted by molar-refractivity contribution is 7.93. The van der Waals surface area contributed by atoms with E-state index in [4.69, 9.17) is 21.1 Å². The largest absolute Gasteiger partial charge is 0.495 e. The minimum Gasteiger partial charge on any atom is -0.495 e. The van der Waals surface area contributed by atoms with Gasteiger partial charge in [0, 0.05) is 39.6 Å². The van der Waals surface area contributed by atoms with Gasteiger partial charge >= 0.3 is 0 Å². The predicted octanol–water partition coefficient (Wildman–Crippen LogP) is 1.11. The summed E-state index contributed by atoms with van der Waals surface area (Å²) in [6, 6.07) is 5.18. The quantitative estimate of drug-likeness (QED) is 0.652. The molecule has 0 saturated carbocycles. The van der Waals surface area contributed by atoms with Crippen molar-refractivity contribution < 1.29 is 27.5 Å². The van der Waals surface area contributed by atoms with Crippen LogP contribution in [0.2, 0.25) is 5.02 Å². The molecule has 160 valence electrons. The molecule has 0 aliphatic carbocycles. The van der Waals surface area contributed by atoms with E-state index in [0.29, 0.717) is 10.8 Å². The molecule has 10 heteroatoms. The summed E-state index contributed by atoms with van der Waals surface area (Å²) in [5, 5.41) is 0.430. The molecule has 2 fully saturated rings. The molecule has 2 saturated heterocycles. The Labute approximate surface area is 175 Å². The number of amides is 2. The first-order chi connectivity index (χ1) is 13.7. The van der Waals surface area contributed by atoms with Crippen LogP contribution in [-0.2, 0) is 30.6 Å². The van der Waals surface area contributed by atoms with Gasteiger partial charge in [-0.05, 0) is 17.7 Å². The van der Waals surface area contributed by atoms with Crippen LogP contribution in [0.4, 0.5) is 0 Å². The number of carbonyl (C=O) groups is 2. The van der Waals surface area contributed by atoms with Crippen LogP contribution >= 0.6 is 11.6 Å². The number of halogens is 1. The molecule has 8 nitrogen and oxygen atoms in total. The third kappa shape index (κ3) is 4.08. The van der Waals surface area contributed by atoms with Crippen molar-refractivity contribution in [1.29, 1.82) is 0 Å². The minimum absolute atomic E-state index is 0.105. The van der Waals surface area contributed by atoms with Crippen LogP contribution in [0.5, 0.6) is 5.75 Å². The van der Waals surface area contributed by atoms with Gasteiger partial charge in [-0.2, -0.15) is 0 Å². The van der Waals surface area contributed by atoms with Crippen molar-refractivity contribution in [2.24, 2.45) is 0 Å². The van der Waals surface area contributed by atoms with Crippen LogP contribution < -0.4 is 4.74 Å². The zero-order valence-electron chi connectivity index (χ0n) is 16.5. The van der Waals surface area contributed by atoms with E-state index in [1.54, 1.807) is 23.1 Å². The van der Waals surface area contributed by atoms with Gasteiger partial charge in [-0.15, -0.1) is 0 Å². The fraction of sp³-hybridized carbons (Fsp3) is 0.579. The van der Waals surface area contributed by atoms with Gasteiger partial charge in [-0.1, -0.05) is 17.7 Å². The molecule has 0 atom stereocenters. The molecule has 0 unspecified atom stereocenters. The summed E-state index contributed by atoms with van der Waals surface area (Å²) >= 11 is 6.12. The average Bonchev–Trinajstić information content (AvgIpc) is 2.85. The van der Waals surface area contributed by atoms with E-state index < -0.39 is 26.4 Å². The zero-order chi connectivity index (χ0) is 21.2. The van der Waals surface area contributed by atoms with Crippen LogP contribution in [0.25, 0.3) is 0 Å². The standard InChI is InChI=1S/C19H25ClN2O6S/c1-27-10-9-22-18(24)13-29(25,26)19(22)5-7-21(8-6-19)17(23)12-14-3-4-16(28-2)15(20)11-14/h3-4,11H,5-10,12-13H2,1-2H3. The number of sulfone groups is 1. The summed E-state index contributed by atoms with van der Waals surface area (Å²) < 4.78 is 35.7. The maximum atomic E-state index is 12.8. The van der Waals surface area contributed by atoms with Crippen LogP contribution in [-0.4, -0.2) is 81.1 Å². The Morgan fingerprint density at radius 3 is 2.52 bits per heavy atom. The smallest absolute Gasteiger partial charge is 0.239 e. The first-order valence-corrected chi connectivity index (χ1v) is 11.4. The molecule has 2 heterocycles. The second-order valence-electron chi connectivity index (χ2n) is 7.27. The van der Waals surface area contributed by atoms with E-state index in [-0.39, 0.29) is 51.4 Å². The molecule has 2 amide bonds. The third-order valence-electron chi connectivity index (χ3n) is 5.67. The van der Waals surface area contributed by atoms with E-state index in [2.05, 4.69) is 0 Å². The zero-order valence-corrected chi connectivity index (χ0v) is 18.1. The molecule has 0 aromatic heterocycles. The lowest BCUT2D eigenvalue weighted by molar-refractivity contribution is -0.135. The van der Waals surface area contributed by atoms with Crippen molar-refractivity contribution in [3.63, 3.8) is 0 Å². The van der Waals surface area contributed by atoms with Gasteiger partial charge in [0.2, 0.25) is 11.8 Å². The van der Waals surface area contributed by atoms with Crippen molar-refractivity contribution in [3.8, 4) is 5.75 Å². The summed E-state index contributed by atoms with van der Waals surface area (Å²) in [4.78, 5) is 26.9. The lowest BCUT2D eigenvalue weighted by Crippen LogP contribution is -2.57. The van der Waals surface area contributed by atoms with Crippen LogP contribution in [0, 0.1) is 0 Å². The monoisotopic (exact) mass is 444 g/mol. The van der Waals surface area contributed by atoms with Crippen LogP contribution in [0.3, 0.4) is 0 Å². The average molecular weight is 445 g/mol. The summed E-state index contributed by atoms with van der Waals surface area (Å²) in [7, 11) is -0.579. The first-order valence-electron chi connectivity index (χ1n) is 9.36. The fourth-order valence-corrected chi connectivity index (χ4v) is 6.44. The topological polar surface area (TPSA) is 93.2 Å². The Kier molecular flexibility index (Phi) is 6.40. The molecule has 0 radical (unpaired) electrons. The SMILES string of the molecule is COCCN1C(=O)CS(=O)(=O)C12CCN(C(=O)Cc1ccc(OC)c(Cl)c1)CC2. The highest BCUT2D eigenvalue weighted by Gasteiger charge is 2.58. The molecular formula is C19H25ClN2O6S. The van der Waals surface area contributed by atoms with Gasteiger partial charge in [-0.25, -0.2) is 8.42 Å². The highest BCUT2D eigenvalue weighted by Crippen LogP contribution is 2.39. The van der Waals surface area contributed by atoms with E-state index in [1.165, 1.54) is 19.1 Å². The molecule has 3 rings (SSSR count). The molecule has 2 aliphatic heterocycles. The van der Waals surface area contributed by atoms with Gasteiger partial charge in [0.05, 0.1) is 25.2 Å². The van der Waals surface area contributed by atoms with Crippen molar-refractivity contribution in [2.75, 3.05) is 46.2 Å². The number of benzene rings is 1. The number of methoxy groups -OCH3 is 2. The number of piperidine rings is 1. The third-order valence-corrected chi connectivity index (χ3v) is 8.38. The van der Waals surface area contributed by atoms with Gasteiger partial charge < -0.3 is 19.3 Å². The number of carbonyl (C=O) groups excluding carboxylic acids is 2. The number of nitrogens with zero attached hydrogens (tertiary/aromatic N) is 2. The fourth-order valence-electron chi connectivity index (χ4n) is 4.07. The summed E-state index contributed by atoms with van der Waals surface area (Å²) in [5.74, 6) is -0.439. The molecular weight excluding hydrogens is 420 g/mol. The highest BCUT2D eigenvalue weighted by atomic mass is 35.5. The van der Waals surface area contributed by atoms with Crippen molar-refractivity contribution in [3.05, 3.63) is 28.8 Å². The Morgan fingerprint density at radius 2 is 1.93 bits per heavy atom. The van der Waals surface area contributed by atoms with Crippen molar-refractivity contribution in [2.45, 2.75) is 24.1 Å². The molecule has 1 spiro atoms. The first kappa shape index (κ1) is 21.9. The lowest BCUT2D eigenvalue weighted by Gasteiger charge is -2.43. The second kappa shape index (κ2) is 8.49. The number of hydrogen-bond acceptors (Lipinski definition) is 6. The summed E-state index contributed by atoms with van der Waals surface area (Å²) in [5.41, 5.74) is 0.756. The lowest BCUT2D eigenvalue weighted by atomic mass is 10.0. The molecule has 0 N–H and O–H groups in total. The number of rotatable bonds is 6. The van der Waals surface area contributed by atoms with Crippen LogP contribution in [0.15, 0.2) is 18.2 Å². The van der Waals surface area contributed by atoms with Gasteiger partial charge in [0.1, 0.15) is 16.4 Å². The van der Waals surface area contributed by atoms with E-state index in [1.807, 2.05) is 0 Å². The number of ether oxygens (including phenoxy) is 2. The Balaban J connectivity index is 1.69. The van der Waals surface area contributed by atoms with Gasteiger partial charge in [0.25, 0.3) is 0 Å². The second-order valence-corrected chi connectivity index (χ2v) is 9.96. The van der Waals surface area contributed by atoms with Crippen LogP contribution in [0.1, 0.15) is 18.4 Å². The predicted molar refractivity (Wildman–Crippen MR) is 108 cm³/mol. The molecule has 1 aromatic carbocycles. The van der Waals surface area contributed by atoms with Crippen molar-refractivity contribution >= 4 is 33.3 Å². The molecule has 0 bridgehead atoms. The molecule has 29 heavy (non-hydrogen) atoms. The Bertz CT molecular complexity index is 896. The maximum absolute atomic E-state index is 12.8. The number of likely N-dealkylation sites (tertiary alicyclic amines) is 1. The van der Waals surface area contributed by atoms with Crippen molar-refractivity contribution in [1.82, 2.24) is 9.80 Å².